The molecule has 0 unspecified atom stereocenters. The Morgan fingerprint density at radius 2 is 1.69 bits per heavy atom. The van der Waals surface area contributed by atoms with E-state index in [4.69, 9.17) is 4.74 Å². The van der Waals surface area contributed by atoms with E-state index in [1.807, 2.05) is 0 Å². The first-order valence-corrected chi connectivity index (χ1v) is 11.8. The number of carbonyl (C=O) groups excluding carboxylic acids is 1. The lowest BCUT2D eigenvalue weighted by atomic mass is 10.0. The number of hydrogen-bond donors (Lipinski definition) is 0. The first kappa shape index (κ1) is 23.7. The molecule has 1 aromatic carbocycles. The van der Waals surface area contributed by atoms with E-state index < -0.39 is 0 Å². The summed E-state index contributed by atoms with van der Waals surface area (Å²) in [6, 6.07) is 10.6. The normalized spacial score (nSPS) is 16.6. The molecule has 0 saturated carbocycles. The number of benzene rings is 1. The summed E-state index contributed by atoms with van der Waals surface area (Å²) in [7, 11) is 0. The number of piperidine rings is 1. The Balaban J connectivity index is 1.79. The predicted octanol–water partition coefficient (Wildman–Crippen LogP) is 6.08. The number of carbonyl (C=O) groups is 1. The highest BCUT2D eigenvalue weighted by Crippen LogP contribution is 2.20. The van der Waals surface area contributed by atoms with Crippen molar-refractivity contribution in [3.05, 3.63) is 47.5 Å². The van der Waals surface area contributed by atoms with E-state index in [0.717, 1.165) is 37.0 Å². The van der Waals surface area contributed by atoms with Gasteiger partial charge in [0, 0.05) is 0 Å². The number of ether oxygens (including phenoxy) is 1. The van der Waals surface area contributed by atoms with Crippen LogP contribution in [0.15, 0.2) is 42.0 Å². The summed E-state index contributed by atoms with van der Waals surface area (Å²) in [4.78, 5) is 12.5. The number of nitrogens with zero attached hydrogens (tertiary/aromatic N) is 1. The number of esters is 1. The van der Waals surface area contributed by atoms with Gasteiger partial charge in [-0.05, 0) is 50.7 Å². The molecule has 1 heterocycles. The summed E-state index contributed by atoms with van der Waals surface area (Å²) < 4.78 is 6.48. The van der Waals surface area contributed by atoms with E-state index >= 15 is 0 Å². The number of hydrogen-bond acceptors (Lipinski definition) is 2. The lowest BCUT2D eigenvalue weighted by molar-refractivity contribution is -0.920. The van der Waals surface area contributed by atoms with Gasteiger partial charge >= 0.3 is 5.97 Å². The average Bonchev–Trinajstić information content (AvgIpc) is 2.73. The second-order valence-corrected chi connectivity index (χ2v) is 8.89. The molecule has 1 aliphatic rings. The quantitative estimate of drug-likeness (QED) is 0.174. The average molecular weight is 401 g/mol. The molecule has 0 amide bonds. The van der Waals surface area contributed by atoms with Crippen LogP contribution in [0.1, 0.15) is 77.2 Å². The number of allylic oxidation sites excluding steroid dienone is 1. The van der Waals surface area contributed by atoms with Crippen molar-refractivity contribution in [1.82, 2.24) is 0 Å². The molecular weight excluding hydrogens is 358 g/mol. The van der Waals surface area contributed by atoms with Crippen LogP contribution >= 0.6 is 0 Å². The van der Waals surface area contributed by atoms with Crippen LogP contribution in [0, 0.1) is 0 Å². The maximum atomic E-state index is 12.5. The van der Waals surface area contributed by atoms with E-state index in [1.165, 1.54) is 62.5 Å². The Morgan fingerprint density at radius 3 is 2.41 bits per heavy atom. The van der Waals surface area contributed by atoms with Gasteiger partial charge in [-0.25, -0.2) is 4.79 Å². The number of likely N-dealkylation sites (tertiary alicyclic amines) is 1. The van der Waals surface area contributed by atoms with Crippen LogP contribution in [0.2, 0.25) is 0 Å². The fourth-order valence-corrected chi connectivity index (χ4v) is 4.32. The summed E-state index contributed by atoms with van der Waals surface area (Å²) in [5.74, 6) is -0.00503. The molecular formula is C26H42NO2+. The minimum Gasteiger partial charge on any atom is -0.462 e. The summed E-state index contributed by atoms with van der Waals surface area (Å²) >= 11 is 0. The van der Waals surface area contributed by atoms with Crippen LogP contribution in [0.3, 0.4) is 0 Å². The van der Waals surface area contributed by atoms with E-state index in [2.05, 4.69) is 50.3 Å². The van der Waals surface area contributed by atoms with Gasteiger partial charge in [0.05, 0.1) is 26.2 Å². The molecule has 0 spiro atoms. The van der Waals surface area contributed by atoms with Gasteiger partial charge < -0.3 is 9.22 Å². The second kappa shape index (κ2) is 13.6. The summed E-state index contributed by atoms with van der Waals surface area (Å²) in [6.45, 7) is 8.72. The van der Waals surface area contributed by atoms with Crippen molar-refractivity contribution in [2.24, 2.45) is 0 Å². The van der Waals surface area contributed by atoms with Gasteiger partial charge in [-0.2, -0.15) is 0 Å². The molecule has 1 aromatic rings. The fraction of sp³-hybridized carbons (Fsp3) is 0.654. The van der Waals surface area contributed by atoms with E-state index in [1.54, 1.807) is 0 Å². The Labute approximate surface area is 178 Å². The first-order chi connectivity index (χ1) is 14.1. The maximum Gasteiger partial charge on any atom is 0.361 e. The zero-order valence-corrected chi connectivity index (χ0v) is 18.8. The standard InChI is InChI=1S/C26H42NO2/c1-3-4-5-6-7-14-21-29-26(28)23-27(18-12-9-13-19-27)20-17-24(2)22-25-15-10-8-11-16-25/h8,10-11,15-17H,3-7,9,12-14,18-23H2,1-2H3/q+1/b24-17-. The topological polar surface area (TPSA) is 26.3 Å². The van der Waals surface area contributed by atoms with Crippen LogP contribution in [0.4, 0.5) is 0 Å². The molecule has 3 nitrogen and oxygen atoms in total. The van der Waals surface area contributed by atoms with Crippen molar-refractivity contribution in [3.8, 4) is 0 Å². The molecule has 0 N–H and O–H groups in total. The van der Waals surface area contributed by atoms with Crippen LogP contribution in [0.5, 0.6) is 0 Å². The molecule has 0 atom stereocenters. The number of quaternary nitrogens is 1. The van der Waals surface area contributed by atoms with Crippen molar-refractivity contribution < 1.29 is 14.0 Å². The monoisotopic (exact) mass is 400 g/mol. The van der Waals surface area contributed by atoms with Crippen molar-refractivity contribution >= 4 is 5.97 Å². The Morgan fingerprint density at radius 1 is 1.00 bits per heavy atom. The molecule has 0 aromatic heterocycles. The fourth-order valence-electron chi connectivity index (χ4n) is 4.32. The van der Waals surface area contributed by atoms with Crippen LogP contribution in [0.25, 0.3) is 0 Å². The zero-order chi connectivity index (χ0) is 20.8. The minimum atomic E-state index is -0.00503. The molecule has 0 radical (unpaired) electrons. The molecule has 0 aliphatic carbocycles. The van der Waals surface area contributed by atoms with E-state index in [9.17, 15) is 4.79 Å². The minimum absolute atomic E-state index is 0.00503. The summed E-state index contributed by atoms with van der Waals surface area (Å²) in [5, 5.41) is 0. The van der Waals surface area contributed by atoms with Gasteiger partial charge in [-0.3, -0.25) is 0 Å². The van der Waals surface area contributed by atoms with Gasteiger partial charge in [0.2, 0.25) is 0 Å². The smallest absolute Gasteiger partial charge is 0.361 e. The largest absolute Gasteiger partial charge is 0.462 e. The van der Waals surface area contributed by atoms with Gasteiger partial charge in [-0.15, -0.1) is 0 Å². The molecule has 1 saturated heterocycles. The second-order valence-electron chi connectivity index (χ2n) is 8.89. The molecule has 29 heavy (non-hydrogen) atoms. The first-order valence-electron chi connectivity index (χ1n) is 11.8. The molecule has 162 valence electrons. The molecule has 2 rings (SSSR count). The third-order valence-electron chi connectivity index (χ3n) is 6.14. The van der Waals surface area contributed by atoms with Crippen molar-refractivity contribution in [2.45, 2.75) is 78.1 Å². The SMILES string of the molecule is CCCCCCCCOC(=O)C[N+]1(C/C=C(/C)Cc2ccccc2)CCCCC1. The molecule has 0 bridgehead atoms. The van der Waals surface area contributed by atoms with E-state index in [0.29, 0.717) is 13.2 Å². The lowest BCUT2D eigenvalue weighted by Crippen LogP contribution is -2.54. The highest BCUT2D eigenvalue weighted by Gasteiger charge is 2.32. The van der Waals surface area contributed by atoms with Gasteiger partial charge in [0.25, 0.3) is 0 Å². The van der Waals surface area contributed by atoms with Crippen molar-refractivity contribution in [3.63, 3.8) is 0 Å². The van der Waals surface area contributed by atoms with Crippen LogP contribution in [-0.4, -0.2) is 43.2 Å². The zero-order valence-electron chi connectivity index (χ0n) is 18.8. The number of unbranched alkanes of at least 4 members (excludes halogenated alkanes) is 5. The van der Waals surface area contributed by atoms with Crippen molar-refractivity contribution in [1.29, 1.82) is 0 Å². The predicted molar refractivity (Wildman–Crippen MR) is 122 cm³/mol. The molecule has 3 heteroatoms. The van der Waals surface area contributed by atoms with Gasteiger partial charge in [0.1, 0.15) is 0 Å². The van der Waals surface area contributed by atoms with Crippen molar-refractivity contribution in [2.75, 3.05) is 32.8 Å². The maximum absolute atomic E-state index is 12.5. The highest BCUT2D eigenvalue weighted by atomic mass is 16.5. The highest BCUT2D eigenvalue weighted by molar-refractivity contribution is 5.70. The Bertz CT molecular complexity index is 602. The summed E-state index contributed by atoms with van der Waals surface area (Å²) in [6.07, 6.45) is 14.4. The third kappa shape index (κ3) is 9.62. The third-order valence-corrected chi connectivity index (χ3v) is 6.14. The Hall–Kier alpha value is -1.61. The lowest BCUT2D eigenvalue weighted by Gasteiger charge is -2.40. The number of rotatable bonds is 13. The van der Waals surface area contributed by atoms with Gasteiger partial charge in [-0.1, -0.05) is 74.9 Å². The molecule has 1 aliphatic heterocycles. The van der Waals surface area contributed by atoms with Crippen LogP contribution < -0.4 is 0 Å². The molecule has 1 fully saturated rings. The van der Waals surface area contributed by atoms with Gasteiger partial charge in [0.15, 0.2) is 6.54 Å². The van der Waals surface area contributed by atoms with Crippen LogP contribution in [-0.2, 0) is 16.0 Å². The Kier molecular flexibility index (Phi) is 11.1. The van der Waals surface area contributed by atoms with E-state index in [-0.39, 0.29) is 5.97 Å². The summed E-state index contributed by atoms with van der Waals surface area (Å²) in [5.41, 5.74) is 2.74.